The zero-order chi connectivity index (χ0) is 43.8. The van der Waals surface area contributed by atoms with Gasteiger partial charge in [0.15, 0.2) is 23.8 Å². The SMILES string of the molecule is CC1=C(/C=C/C(C)=C/C=C/C(C)=C/C=C/C=C(C)/C=C/C=C(C)/C=C/C2=C(C)C(=O)[C@@H](OC(=O)CCC(=O)O)CC2(C)C)C(C)(C)C[C@H](OC(=O)CCC(=O)O)C1=O. The van der Waals surface area contributed by atoms with E-state index in [-0.39, 0.29) is 37.2 Å². The maximum Gasteiger partial charge on any atom is 0.307 e. The van der Waals surface area contributed by atoms with Crippen molar-refractivity contribution >= 4 is 35.4 Å². The number of Topliss-reactive ketones (excluding diaryl/α,β-unsaturated/α-hetero) is 2. The Balaban J connectivity index is 1.97. The number of carbonyl (C=O) groups excluding carboxylic acids is 4. The summed E-state index contributed by atoms with van der Waals surface area (Å²) in [5.41, 5.74) is 6.02. The number of ketones is 2. The molecule has 312 valence electrons. The first-order valence-corrected chi connectivity index (χ1v) is 19.5. The smallest absolute Gasteiger partial charge is 0.307 e. The van der Waals surface area contributed by atoms with Gasteiger partial charge in [0.2, 0.25) is 0 Å². The van der Waals surface area contributed by atoms with Crippen molar-refractivity contribution in [3.63, 3.8) is 0 Å². The van der Waals surface area contributed by atoms with Crippen LogP contribution in [0.5, 0.6) is 0 Å². The van der Waals surface area contributed by atoms with E-state index in [0.29, 0.717) is 24.0 Å². The second kappa shape index (κ2) is 22.3. The van der Waals surface area contributed by atoms with E-state index in [4.69, 9.17) is 19.7 Å². The maximum atomic E-state index is 13.0. The highest BCUT2D eigenvalue weighted by Gasteiger charge is 2.41. The summed E-state index contributed by atoms with van der Waals surface area (Å²) in [6.07, 6.45) is 25.2. The first-order chi connectivity index (χ1) is 27.0. The molecule has 2 atom stereocenters. The molecule has 0 spiro atoms. The first kappa shape index (κ1) is 48.5. The van der Waals surface area contributed by atoms with E-state index in [1.165, 1.54) is 0 Å². The summed E-state index contributed by atoms with van der Waals surface area (Å²) >= 11 is 0. The van der Waals surface area contributed by atoms with Gasteiger partial charge in [-0.05, 0) is 74.7 Å². The highest BCUT2D eigenvalue weighted by atomic mass is 16.6. The van der Waals surface area contributed by atoms with Gasteiger partial charge in [0.05, 0.1) is 25.7 Å². The first-order valence-electron chi connectivity index (χ1n) is 19.5. The zero-order valence-corrected chi connectivity index (χ0v) is 35.6. The van der Waals surface area contributed by atoms with Crippen LogP contribution in [0.1, 0.15) is 108 Å². The van der Waals surface area contributed by atoms with Gasteiger partial charge in [-0.3, -0.25) is 28.8 Å². The van der Waals surface area contributed by atoms with Gasteiger partial charge < -0.3 is 19.7 Å². The van der Waals surface area contributed by atoms with Gasteiger partial charge in [-0.2, -0.15) is 0 Å². The van der Waals surface area contributed by atoms with Gasteiger partial charge in [-0.15, -0.1) is 0 Å². The van der Waals surface area contributed by atoms with Crippen LogP contribution >= 0.6 is 0 Å². The van der Waals surface area contributed by atoms with E-state index in [0.717, 1.165) is 33.4 Å². The summed E-state index contributed by atoms with van der Waals surface area (Å²) in [7, 11) is 0. The predicted octanol–water partition coefficient (Wildman–Crippen LogP) is 9.74. The van der Waals surface area contributed by atoms with Crippen LogP contribution in [0.2, 0.25) is 0 Å². The van der Waals surface area contributed by atoms with Crippen molar-refractivity contribution in [2.45, 2.75) is 120 Å². The number of ether oxygens (including phenoxy) is 2. The van der Waals surface area contributed by atoms with Crippen LogP contribution in [0.4, 0.5) is 0 Å². The van der Waals surface area contributed by atoms with Crippen LogP contribution in [-0.2, 0) is 38.2 Å². The summed E-state index contributed by atoms with van der Waals surface area (Å²) in [5.74, 6) is -4.09. The van der Waals surface area contributed by atoms with E-state index in [2.05, 4.69) is 0 Å². The van der Waals surface area contributed by atoms with Crippen LogP contribution in [0.3, 0.4) is 0 Å². The number of hydrogen-bond acceptors (Lipinski definition) is 8. The van der Waals surface area contributed by atoms with E-state index in [9.17, 15) is 28.8 Å². The third-order valence-electron chi connectivity index (χ3n) is 9.91. The average molecular weight is 797 g/mol. The minimum Gasteiger partial charge on any atom is -0.481 e. The Morgan fingerprint density at radius 1 is 0.552 bits per heavy atom. The quantitative estimate of drug-likeness (QED) is 0.101. The van der Waals surface area contributed by atoms with Crippen LogP contribution in [0.15, 0.2) is 130 Å². The second-order valence-corrected chi connectivity index (χ2v) is 16.1. The Bertz CT molecular complexity index is 1820. The highest BCUT2D eigenvalue weighted by molar-refractivity contribution is 6.02. The van der Waals surface area contributed by atoms with Gasteiger partial charge in [0.25, 0.3) is 0 Å². The summed E-state index contributed by atoms with van der Waals surface area (Å²) in [4.78, 5) is 71.7. The molecular formula is C48H60O10. The molecule has 0 radical (unpaired) electrons. The monoisotopic (exact) mass is 796 g/mol. The summed E-state index contributed by atoms with van der Waals surface area (Å²) in [6, 6.07) is 0. The van der Waals surface area contributed by atoms with Crippen molar-refractivity contribution < 1.29 is 48.5 Å². The van der Waals surface area contributed by atoms with E-state index >= 15 is 0 Å². The lowest BCUT2D eigenvalue weighted by molar-refractivity contribution is -0.157. The summed E-state index contributed by atoms with van der Waals surface area (Å²) in [5, 5.41) is 17.6. The van der Waals surface area contributed by atoms with Crippen molar-refractivity contribution in [3.8, 4) is 0 Å². The molecule has 0 fully saturated rings. The normalized spacial score (nSPS) is 21.1. The number of hydrogen-bond donors (Lipinski definition) is 2. The van der Waals surface area contributed by atoms with Crippen LogP contribution < -0.4 is 0 Å². The molecule has 0 amide bonds. The fourth-order valence-electron chi connectivity index (χ4n) is 6.61. The molecule has 0 aliphatic heterocycles. The molecule has 0 saturated carbocycles. The minimum atomic E-state index is -1.09. The number of carboxylic acid groups (broad SMARTS) is 2. The lowest BCUT2D eigenvalue weighted by Crippen LogP contribution is -2.39. The standard InChI is InChI=1S/C48H60O10/c1-31(17-13-19-33(3)21-23-37-35(5)45(55)39(29-47(37,7)8)57-43(53)27-25-41(49)50)15-11-12-16-32(2)18-14-20-34(4)22-24-38-36(6)46(56)40(30-48(38,9)10)58-44(54)28-26-42(51)52/h11-24,39-40H,25-30H2,1-10H3,(H,49,50)(H,51,52)/b12-11+,17-13+,18-14+,23-21+,24-22+,31-15+,32-16+,33-19+,34-20+/t39-,40-/m0/s1. The fraction of sp³-hybridized carbons (Fsp3) is 0.417. The number of allylic oxidation sites excluding steroid dienone is 20. The third-order valence-corrected chi connectivity index (χ3v) is 9.91. The van der Waals surface area contributed by atoms with Gasteiger partial charge in [0.1, 0.15) is 0 Å². The lowest BCUT2D eigenvalue weighted by atomic mass is 9.71. The van der Waals surface area contributed by atoms with E-state index in [1.807, 2.05) is 140 Å². The molecular weight excluding hydrogens is 737 g/mol. The molecule has 0 aromatic heterocycles. The molecule has 2 N–H and O–H groups in total. The van der Waals surface area contributed by atoms with Crippen molar-refractivity contribution in [2.24, 2.45) is 10.8 Å². The van der Waals surface area contributed by atoms with Gasteiger partial charge >= 0.3 is 23.9 Å². The molecule has 0 aromatic rings. The average Bonchev–Trinajstić information content (AvgIpc) is 3.12. The van der Waals surface area contributed by atoms with Gasteiger partial charge in [-0.1, -0.05) is 135 Å². The van der Waals surface area contributed by atoms with Crippen molar-refractivity contribution in [1.82, 2.24) is 0 Å². The minimum absolute atomic E-state index is 0.263. The Kier molecular flexibility index (Phi) is 18.7. The third kappa shape index (κ3) is 16.1. The highest BCUT2D eigenvalue weighted by Crippen LogP contribution is 2.42. The van der Waals surface area contributed by atoms with Crippen LogP contribution in [0, 0.1) is 10.8 Å². The topological polar surface area (TPSA) is 161 Å². The molecule has 0 heterocycles. The fourth-order valence-corrected chi connectivity index (χ4v) is 6.61. The second-order valence-electron chi connectivity index (χ2n) is 16.1. The number of carboxylic acids is 2. The molecule has 2 rings (SSSR count). The molecule has 0 unspecified atom stereocenters. The Labute approximate surface area is 343 Å². The van der Waals surface area contributed by atoms with Gasteiger partial charge in [0, 0.05) is 12.8 Å². The number of esters is 2. The summed E-state index contributed by atoms with van der Waals surface area (Å²) in [6.45, 7) is 19.4. The van der Waals surface area contributed by atoms with Crippen molar-refractivity contribution in [1.29, 1.82) is 0 Å². The maximum absolute atomic E-state index is 13.0. The molecule has 2 aliphatic carbocycles. The molecule has 10 nitrogen and oxygen atoms in total. The van der Waals surface area contributed by atoms with Crippen molar-refractivity contribution in [3.05, 3.63) is 130 Å². The van der Waals surface area contributed by atoms with Gasteiger partial charge in [-0.25, -0.2) is 0 Å². The Morgan fingerprint density at radius 3 is 1.19 bits per heavy atom. The predicted molar refractivity (Wildman–Crippen MR) is 226 cm³/mol. The largest absolute Gasteiger partial charge is 0.481 e. The van der Waals surface area contributed by atoms with E-state index < -0.39 is 46.9 Å². The Hall–Kier alpha value is -5.64. The number of aliphatic carboxylic acids is 2. The molecule has 2 aliphatic rings. The number of carbonyl (C=O) groups is 6. The molecule has 0 saturated heterocycles. The van der Waals surface area contributed by atoms with E-state index in [1.54, 1.807) is 13.8 Å². The van der Waals surface area contributed by atoms with Crippen molar-refractivity contribution in [2.75, 3.05) is 0 Å². The number of rotatable bonds is 18. The molecule has 10 heteroatoms. The van der Waals surface area contributed by atoms with Crippen LogP contribution in [-0.4, -0.2) is 57.9 Å². The molecule has 0 bridgehead atoms. The Morgan fingerprint density at radius 2 is 0.862 bits per heavy atom. The molecule has 0 aromatic carbocycles. The summed E-state index contributed by atoms with van der Waals surface area (Å²) < 4.78 is 10.7. The van der Waals surface area contributed by atoms with Crippen LogP contribution in [0.25, 0.3) is 0 Å². The molecule has 58 heavy (non-hydrogen) atoms. The lowest BCUT2D eigenvalue weighted by Gasteiger charge is -2.36. The zero-order valence-electron chi connectivity index (χ0n) is 35.6.